The third-order valence-electron chi connectivity index (χ3n) is 5.09. The summed E-state index contributed by atoms with van der Waals surface area (Å²) in [5.74, 6) is 2.55. The zero-order chi connectivity index (χ0) is 17.8. The number of hydrogen-bond donors (Lipinski definition) is 0. The first-order valence-corrected chi connectivity index (χ1v) is 9.55. The van der Waals surface area contributed by atoms with Crippen molar-refractivity contribution in [2.24, 2.45) is 11.8 Å². The van der Waals surface area contributed by atoms with E-state index in [1.54, 1.807) is 12.4 Å². The Kier molecular flexibility index (Phi) is 5.76. The minimum atomic E-state index is 0.0832. The number of likely N-dealkylation sites (tertiary alicyclic amines) is 1. The van der Waals surface area contributed by atoms with Crippen LogP contribution in [-0.4, -0.2) is 53.1 Å². The van der Waals surface area contributed by atoms with Gasteiger partial charge in [0.05, 0.1) is 18.5 Å². The Morgan fingerprint density at radius 2 is 1.96 bits per heavy atom. The molecule has 6 nitrogen and oxygen atoms in total. The lowest BCUT2D eigenvalue weighted by atomic mass is 9.93. The lowest BCUT2D eigenvalue weighted by Gasteiger charge is -2.37. The van der Waals surface area contributed by atoms with Crippen molar-refractivity contribution in [2.45, 2.75) is 52.6 Å². The van der Waals surface area contributed by atoms with Gasteiger partial charge in [-0.05, 0) is 45.4 Å². The van der Waals surface area contributed by atoms with Crippen molar-refractivity contribution in [3.8, 4) is 5.88 Å². The number of ether oxygens (including phenoxy) is 1. The van der Waals surface area contributed by atoms with Crippen LogP contribution in [0.25, 0.3) is 0 Å². The summed E-state index contributed by atoms with van der Waals surface area (Å²) in [4.78, 5) is 25.9. The van der Waals surface area contributed by atoms with Crippen molar-refractivity contribution in [1.29, 1.82) is 0 Å². The molecule has 0 saturated carbocycles. The molecule has 3 heterocycles. The molecule has 1 aromatic rings. The van der Waals surface area contributed by atoms with E-state index >= 15 is 0 Å². The normalized spacial score (nSPS) is 22.3. The summed E-state index contributed by atoms with van der Waals surface area (Å²) < 4.78 is 5.63. The highest BCUT2D eigenvalue weighted by Crippen LogP contribution is 2.26. The predicted octanol–water partition coefficient (Wildman–Crippen LogP) is 2.74. The highest BCUT2D eigenvalue weighted by Gasteiger charge is 2.31. The van der Waals surface area contributed by atoms with Crippen molar-refractivity contribution in [3.63, 3.8) is 0 Å². The fraction of sp³-hybridized carbons (Fsp3) is 0.737. The van der Waals surface area contributed by atoms with Crippen LogP contribution < -0.4 is 9.64 Å². The van der Waals surface area contributed by atoms with Gasteiger partial charge in [-0.1, -0.05) is 6.92 Å². The third-order valence-corrected chi connectivity index (χ3v) is 5.09. The molecule has 0 radical (unpaired) electrons. The van der Waals surface area contributed by atoms with Gasteiger partial charge in [-0.15, -0.1) is 0 Å². The minimum absolute atomic E-state index is 0.0832. The van der Waals surface area contributed by atoms with E-state index in [2.05, 4.69) is 26.7 Å². The van der Waals surface area contributed by atoms with Gasteiger partial charge in [-0.2, -0.15) is 4.98 Å². The van der Waals surface area contributed by atoms with Gasteiger partial charge in [-0.3, -0.25) is 9.78 Å². The van der Waals surface area contributed by atoms with Gasteiger partial charge < -0.3 is 14.5 Å². The topological polar surface area (TPSA) is 58.6 Å². The maximum atomic E-state index is 12.8. The lowest BCUT2D eigenvalue weighted by molar-refractivity contribution is -0.137. The average Bonchev–Trinajstić information content (AvgIpc) is 2.61. The van der Waals surface area contributed by atoms with E-state index in [4.69, 9.17) is 4.74 Å². The maximum absolute atomic E-state index is 12.8. The molecule has 0 spiro atoms. The lowest BCUT2D eigenvalue weighted by Crippen LogP contribution is -2.46. The number of anilines is 1. The molecule has 0 aromatic carbocycles. The Balaban J connectivity index is 1.55. The quantitative estimate of drug-likeness (QED) is 0.839. The van der Waals surface area contributed by atoms with Crippen molar-refractivity contribution in [3.05, 3.63) is 12.4 Å². The maximum Gasteiger partial charge on any atom is 0.234 e. The summed E-state index contributed by atoms with van der Waals surface area (Å²) in [5, 5.41) is 0. The molecular formula is C19H30N4O2. The predicted molar refractivity (Wildman–Crippen MR) is 97.7 cm³/mol. The van der Waals surface area contributed by atoms with Gasteiger partial charge in [0.2, 0.25) is 11.8 Å². The van der Waals surface area contributed by atoms with Gasteiger partial charge in [0.15, 0.2) is 5.82 Å². The van der Waals surface area contributed by atoms with Crippen LogP contribution >= 0.6 is 0 Å². The minimum Gasteiger partial charge on any atom is -0.474 e. The summed E-state index contributed by atoms with van der Waals surface area (Å²) in [6, 6.07) is 0. The van der Waals surface area contributed by atoms with Gasteiger partial charge >= 0.3 is 0 Å². The Morgan fingerprint density at radius 1 is 1.20 bits per heavy atom. The molecule has 1 aromatic heterocycles. The van der Waals surface area contributed by atoms with E-state index in [0.717, 1.165) is 51.3 Å². The van der Waals surface area contributed by atoms with Crippen molar-refractivity contribution >= 4 is 11.7 Å². The number of aromatic nitrogens is 2. The van der Waals surface area contributed by atoms with E-state index in [1.807, 2.05) is 13.8 Å². The Morgan fingerprint density at radius 3 is 2.64 bits per heavy atom. The molecule has 2 saturated heterocycles. The summed E-state index contributed by atoms with van der Waals surface area (Å²) in [5.41, 5.74) is 0. The average molecular weight is 346 g/mol. The van der Waals surface area contributed by atoms with Crippen LogP contribution in [0.4, 0.5) is 5.82 Å². The zero-order valence-electron chi connectivity index (χ0n) is 15.6. The van der Waals surface area contributed by atoms with Crippen LogP contribution in [0, 0.1) is 11.8 Å². The number of carbonyl (C=O) groups excluding carboxylic acids is 1. The first-order valence-electron chi connectivity index (χ1n) is 9.55. The highest BCUT2D eigenvalue weighted by atomic mass is 16.5. The second-order valence-corrected chi connectivity index (χ2v) is 7.68. The van der Waals surface area contributed by atoms with E-state index < -0.39 is 0 Å². The van der Waals surface area contributed by atoms with E-state index in [-0.39, 0.29) is 12.0 Å². The SMILES string of the molecule is CC(C)Oc1cncc(N2CCC(C(=O)N3CCC[C@@H](C)C3)CC2)n1. The molecule has 0 unspecified atom stereocenters. The molecular weight excluding hydrogens is 316 g/mol. The van der Waals surface area contributed by atoms with Crippen LogP contribution in [0.2, 0.25) is 0 Å². The number of piperidine rings is 2. The molecule has 3 rings (SSSR count). The van der Waals surface area contributed by atoms with Gasteiger partial charge in [0.25, 0.3) is 0 Å². The molecule has 1 amide bonds. The fourth-order valence-corrected chi connectivity index (χ4v) is 3.79. The Labute approximate surface area is 150 Å². The molecule has 2 aliphatic heterocycles. The van der Waals surface area contributed by atoms with Gasteiger partial charge in [0.1, 0.15) is 0 Å². The molecule has 0 aliphatic carbocycles. The number of carbonyl (C=O) groups is 1. The molecule has 25 heavy (non-hydrogen) atoms. The molecule has 138 valence electrons. The van der Waals surface area contributed by atoms with E-state index in [9.17, 15) is 4.79 Å². The molecule has 6 heteroatoms. The number of hydrogen-bond acceptors (Lipinski definition) is 5. The highest BCUT2D eigenvalue weighted by molar-refractivity contribution is 5.79. The monoisotopic (exact) mass is 346 g/mol. The van der Waals surface area contributed by atoms with Gasteiger partial charge in [0, 0.05) is 32.1 Å². The number of rotatable bonds is 4. The summed E-state index contributed by atoms with van der Waals surface area (Å²) in [6.07, 6.45) is 7.68. The molecule has 2 fully saturated rings. The van der Waals surface area contributed by atoms with Crippen LogP contribution in [0.5, 0.6) is 5.88 Å². The number of amides is 1. The van der Waals surface area contributed by atoms with Crippen molar-refractivity contribution in [1.82, 2.24) is 14.9 Å². The molecule has 1 atom stereocenters. The zero-order valence-corrected chi connectivity index (χ0v) is 15.6. The van der Waals surface area contributed by atoms with Crippen LogP contribution in [0.3, 0.4) is 0 Å². The van der Waals surface area contributed by atoms with Crippen molar-refractivity contribution in [2.75, 3.05) is 31.1 Å². The smallest absolute Gasteiger partial charge is 0.234 e. The van der Waals surface area contributed by atoms with Gasteiger partial charge in [-0.25, -0.2) is 0 Å². The molecule has 0 N–H and O–H groups in total. The van der Waals surface area contributed by atoms with Crippen LogP contribution in [-0.2, 0) is 4.79 Å². The van der Waals surface area contributed by atoms with E-state index in [0.29, 0.717) is 17.7 Å². The summed E-state index contributed by atoms with van der Waals surface area (Å²) in [6.45, 7) is 9.76. The second kappa shape index (κ2) is 8.02. The Bertz CT molecular complexity index is 585. The van der Waals surface area contributed by atoms with Crippen molar-refractivity contribution < 1.29 is 9.53 Å². The second-order valence-electron chi connectivity index (χ2n) is 7.68. The van der Waals surface area contributed by atoms with Crippen LogP contribution in [0.1, 0.15) is 46.5 Å². The fourth-order valence-electron chi connectivity index (χ4n) is 3.79. The standard InChI is InChI=1S/C19H30N4O2/c1-14(2)25-18-12-20-11-17(21-18)22-9-6-16(7-10-22)19(24)23-8-4-5-15(3)13-23/h11-12,14-16H,4-10,13H2,1-3H3/t15-/m1/s1. The van der Waals surface area contributed by atoms with Crippen LogP contribution in [0.15, 0.2) is 12.4 Å². The molecule has 0 bridgehead atoms. The largest absolute Gasteiger partial charge is 0.474 e. The van der Waals surface area contributed by atoms with E-state index in [1.165, 1.54) is 6.42 Å². The summed E-state index contributed by atoms with van der Waals surface area (Å²) in [7, 11) is 0. The third kappa shape index (κ3) is 4.61. The Hall–Kier alpha value is -1.85. The first kappa shape index (κ1) is 18.0. The molecule has 2 aliphatic rings. The number of nitrogens with zero attached hydrogens (tertiary/aromatic N) is 4. The first-order chi connectivity index (χ1) is 12.0. The summed E-state index contributed by atoms with van der Waals surface area (Å²) >= 11 is 0.